The first-order valence-electron chi connectivity index (χ1n) is 21.2. The Labute approximate surface area is 337 Å². The fraction of sp³-hybridized carbons (Fsp3) is 0.767. The molecule has 13 heteroatoms. The lowest BCUT2D eigenvalue weighted by Gasteiger charge is -2.40. The van der Waals surface area contributed by atoms with Crippen molar-refractivity contribution in [2.45, 2.75) is 192 Å². The Morgan fingerprint density at radius 1 is 0.625 bits per heavy atom. The van der Waals surface area contributed by atoms with Crippen LogP contribution in [0.5, 0.6) is 0 Å². The Balaban J connectivity index is 2.50. The summed E-state index contributed by atoms with van der Waals surface area (Å²) in [6.07, 6.45) is 28.7. The molecule has 0 aromatic heterocycles. The van der Waals surface area contributed by atoms with Gasteiger partial charge in [0, 0.05) is 12.8 Å². The summed E-state index contributed by atoms with van der Waals surface area (Å²) in [4.78, 5) is 25.3. The third-order valence-corrected chi connectivity index (χ3v) is 10.1. The van der Waals surface area contributed by atoms with E-state index in [-0.39, 0.29) is 19.4 Å². The zero-order chi connectivity index (χ0) is 41.3. The molecular formula is C43H74O12S. The molecule has 1 saturated heterocycles. The molecule has 1 fully saturated rings. The van der Waals surface area contributed by atoms with E-state index in [4.69, 9.17) is 18.9 Å². The molecule has 0 spiro atoms. The Kier molecular flexibility index (Phi) is 30.9. The van der Waals surface area contributed by atoms with E-state index in [0.29, 0.717) is 12.8 Å². The van der Waals surface area contributed by atoms with Crippen molar-refractivity contribution >= 4 is 22.1 Å². The van der Waals surface area contributed by atoms with Crippen molar-refractivity contribution in [3.05, 3.63) is 48.6 Å². The van der Waals surface area contributed by atoms with E-state index in [1.165, 1.54) is 25.7 Å². The van der Waals surface area contributed by atoms with Gasteiger partial charge in [-0.2, -0.15) is 8.42 Å². The minimum atomic E-state index is -4.60. The number of aliphatic hydroxyl groups is 3. The summed E-state index contributed by atoms with van der Waals surface area (Å²) in [5.74, 6) is -2.02. The zero-order valence-corrected chi connectivity index (χ0v) is 35.0. The van der Waals surface area contributed by atoms with Crippen LogP contribution >= 0.6 is 0 Å². The van der Waals surface area contributed by atoms with Gasteiger partial charge in [-0.05, 0) is 70.6 Å². The van der Waals surface area contributed by atoms with Crippen molar-refractivity contribution in [2.75, 3.05) is 19.0 Å². The Morgan fingerprint density at radius 3 is 1.70 bits per heavy atom. The van der Waals surface area contributed by atoms with Gasteiger partial charge >= 0.3 is 11.9 Å². The van der Waals surface area contributed by atoms with Gasteiger partial charge in [-0.3, -0.25) is 14.1 Å². The van der Waals surface area contributed by atoms with Crippen LogP contribution in [0.1, 0.15) is 155 Å². The molecule has 0 aromatic carbocycles. The lowest BCUT2D eigenvalue weighted by atomic mass is 10.00. The molecule has 56 heavy (non-hydrogen) atoms. The number of carbonyl (C=O) groups excluding carboxylic acids is 2. The average Bonchev–Trinajstić information content (AvgIpc) is 3.16. The third-order valence-electron chi connectivity index (χ3n) is 9.39. The fourth-order valence-corrected chi connectivity index (χ4v) is 6.79. The maximum absolute atomic E-state index is 12.8. The van der Waals surface area contributed by atoms with Gasteiger partial charge in [-0.15, -0.1) is 0 Å². The first-order chi connectivity index (χ1) is 27.0. The highest BCUT2D eigenvalue weighted by Gasteiger charge is 2.46. The quantitative estimate of drug-likeness (QED) is 0.0213. The normalized spacial score (nSPS) is 21.1. The average molecular weight is 815 g/mol. The van der Waals surface area contributed by atoms with Crippen LogP contribution in [0, 0.1) is 0 Å². The number of carbonyl (C=O) groups is 2. The molecule has 1 rings (SSSR count). The van der Waals surface area contributed by atoms with Crippen molar-refractivity contribution in [3.8, 4) is 0 Å². The van der Waals surface area contributed by atoms with Gasteiger partial charge in [0.05, 0.1) is 6.61 Å². The molecule has 0 bridgehead atoms. The largest absolute Gasteiger partial charge is 0.462 e. The second kappa shape index (κ2) is 33.6. The van der Waals surface area contributed by atoms with E-state index in [9.17, 15) is 37.9 Å². The molecule has 0 saturated carbocycles. The zero-order valence-electron chi connectivity index (χ0n) is 34.2. The van der Waals surface area contributed by atoms with Gasteiger partial charge in [-0.25, -0.2) is 0 Å². The maximum atomic E-state index is 12.8. The van der Waals surface area contributed by atoms with Crippen LogP contribution in [0.15, 0.2) is 48.6 Å². The highest BCUT2D eigenvalue weighted by atomic mass is 32.2. The second-order valence-electron chi connectivity index (χ2n) is 14.6. The van der Waals surface area contributed by atoms with Crippen molar-refractivity contribution < 1.29 is 56.8 Å². The van der Waals surface area contributed by atoms with Crippen molar-refractivity contribution in [1.82, 2.24) is 0 Å². The summed E-state index contributed by atoms with van der Waals surface area (Å²) >= 11 is 0. The first-order valence-corrected chi connectivity index (χ1v) is 22.8. The molecule has 4 N–H and O–H groups in total. The molecule has 0 aromatic rings. The monoisotopic (exact) mass is 814 g/mol. The van der Waals surface area contributed by atoms with Gasteiger partial charge in [0.1, 0.15) is 36.8 Å². The van der Waals surface area contributed by atoms with Gasteiger partial charge in [0.15, 0.2) is 12.4 Å². The van der Waals surface area contributed by atoms with E-state index in [1.54, 1.807) is 0 Å². The molecule has 1 aliphatic rings. The number of aliphatic hydroxyl groups excluding tert-OH is 3. The van der Waals surface area contributed by atoms with E-state index in [1.807, 2.05) is 0 Å². The van der Waals surface area contributed by atoms with Crippen LogP contribution in [0.3, 0.4) is 0 Å². The predicted molar refractivity (Wildman–Crippen MR) is 219 cm³/mol. The SMILES string of the molecule is CC/C=C/C/C=C/C/C=C/CCCCCCCC(=O)O[C@H](COC(=O)CCCCCCC/C=C/CCCCCC)CO[C@H]1O[C@H](CS(=O)(=O)O)[C@@H](O)C(O)C1O. The van der Waals surface area contributed by atoms with E-state index >= 15 is 0 Å². The number of rotatable bonds is 34. The number of hydrogen-bond acceptors (Lipinski definition) is 11. The summed E-state index contributed by atoms with van der Waals surface area (Å²) in [6.45, 7) is 3.59. The van der Waals surface area contributed by atoms with Crippen LogP contribution in [0.25, 0.3) is 0 Å². The van der Waals surface area contributed by atoms with Gasteiger partial charge in [-0.1, -0.05) is 120 Å². The summed E-state index contributed by atoms with van der Waals surface area (Å²) in [6, 6.07) is 0. The molecule has 0 radical (unpaired) electrons. The molecule has 0 aliphatic carbocycles. The van der Waals surface area contributed by atoms with Crippen LogP contribution in [0.2, 0.25) is 0 Å². The number of allylic oxidation sites excluding steroid dienone is 8. The number of unbranched alkanes of at least 4 members (excludes halogenated alkanes) is 14. The van der Waals surface area contributed by atoms with Gasteiger partial charge in [0.2, 0.25) is 0 Å². The fourth-order valence-electron chi connectivity index (χ4n) is 6.10. The van der Waals surface area contributed by atoms with Crippen LogP contribution in [0.4, 0.5) is 0 Å². The third kappa shape index (κ3) is 28.1. The van der Waals surface area contributed by atoms with E-state index in [2.05, 4.69) is 62.5 Å². The molecular weight excluding hydrogens is 741 g/mol. The highest BCUT2D eigenvalue weighted by molar-refractivity contribution is 7.85. The standard InChI is InChI=1S/C43H74O12S/c1-3-5-7-9-11-13-15-17-18-20-22-24-26-28-30-32-39(45)54-36(34-53-43-42(48)41(47)40(46)37(55-43)35-56(49,50)51)33-52-38(44)31-29-27-25-23-21-19-16-14-12-10-8-6-4-2/h5,7,11,13-14,16-18,36-37,40-43,46-48H,3-4,6,8-10,12,15,19-35H2,1-2H3,(H,49,50,51)/b7-5+,13-11+,16-14+,18-17+/t36-,37-,40-,41?,42?,43+/m1/s1. The second-order valence-corrected chi connectivity index (χ2v) is 16.1. The topological polar surface area (TPSA) is 186 Å². The van der Waals surface area contributed by atoms with Gasteiger partial charge in [0.25, 0.3) is 10.1 Å². The summed E-state index contributed by atoms with van der Waals surface area (Å²) in [7, 11) is -4.60. The molecule has 0 amide bonds. The predicted octanol–water partition coefficient (Wildman–Crippen LogP) is 8.00. The minimum Gasteiger partial charge on any atom is -0.462 e. The summed E-state index contributed by atoms with van der Waals surface area (Å²) in [5.41, 5.74) is 0. The molecule has 2 unspecified atom stereocenters. The molecule has 1 aliphatic heterocycles. The summed E-state index contributed by atoms with van der Waals surface area (Å²) < 4.78 is 53.9. The molecule has 324 valence electrons. The first kappa shape index (κ1) is 51.6. The number of esters is 2. The van der Waals surface area contributed by atoms with Crippen molar-refractivity contribution in [1.29, 1.82) is 0 Å². The van der Waals surface area contributed by atoms with Gasteiger partial charge < -0.3 is 34.3 Å². The van der Waals surface area contributed by atoms with Crippen molar-refractivity contribution in [3.63, 3.8) is 0 Å². The Morgan fingerprint density at radius 2 is 1.12 bits per heavy atom. The van der Waals surface area contributed by atoms with Crippen LogP contribution in [-0.2, 0) is 38.7 Å². The Bertz CT molecular complexity index is 1230. The van der Waals surface area contributed by atoms with Crippen LogP contribution < -0.4 is 0 Å². The highest BCUT2D eigenvalue weighted by Crippen LogP contribution is 2.24. The molecule has 12 nitrogen and oxygen atoms in total. The minimum absolute atomic E-state index is 0.142. The van der Waals surface area contributed by atoms with E-state index in [0.717, 1.165) is 89.9 Å². The maximum Gasteiger partial charge on any atom is 0.306 e. The molecule has 1 heterocycles. The van der Waals surface area contributed by atoms with Crippen LogP contribution in [-0.4, -0.2) is 96.0 Å². The summed E-state index contributed by atoms with van der Waals surface area (Å²) in [5, 5.41) is 30.8. The lowest BCUT2D eigenvalue weighted by Crippen LogP contribution is -2.60. The number of hydrogen-bond donors (Lipinski definition) is 4. The molecule has 6 atom stereocenters. The van der Waals surface area contributed by atoms with Crippen molar-refractivity contribution in [2.24, 2.45) is 0 Å². The Hall–Kier alpha value is -2.39. The smallest absolute Gasteiger partial charge is 0.306 e. The lowest BCUT2D eigenvalue weighted by molar-refractivity contribution is -0.297. The van der Waals surface area contributed by atoms with E-state index < -0.39 is 71.2 Å². The number of ether oxygens (including phenoxy) is 4.